The van der Waals surface area contributed by atoms with Gasteiger partial charge in [0.25, 0.3) is 10.1 Å². The van der Waals surface area contributed by atoms with Crippen molar-refractivity contribution in [1.82, 2.24) is 0 Å². The molecule has 0 heterocycles. The van der Waals surface area contributed by atoms with E-state index < -0.39 is 21.9 Å². The van der Waals surface area contributed by atoms with E-state index in [0.29, 0.717) is 29.2 Å². The Bertz CT molecular complexity index is 993. The molecular formula is C21H24FNO6S. The normalized spacial score (nSPS) is 12.1. The molecule has 2 rings (SSSR count). The molecule has 2 aromatic carbocycles. The average molecular weight is 437 g/mol. The zero-order chi connectivity index (χ0) is 22.1. The maximum Gasteiger partial charge on any atom is 0.264 e. The minimum absolute atomic E-state index is 0.0385. The van der Waals surface area contributed by atoms with E-state index in [9.17, 15) is 17.6 Å². The second-order valence-corrected chi connectivity index (χ2v) is 8.01. The second-order valence-electron chi connectivity index (χ2n) is 6.36. The average Bonchev–Trinajstić information content (AvgIpc) is 2.68. The number of anilines is 1. The van der Waals surface area contributed by atoms with Gasteiger partial charge in [0.2, 0.25) is 5.91 Å². The summed E-state index contributed by atoms with van der Waals surface area (Å²) >= 11 is 0. The zero-order valence-electron chi connectivity index (χ0n) is 16.8. The number of allylic oxidation sites excluding steroid dienone is 1. The van der Waals surface area contributed by atoms with Crippen molar-refractivity contribution in [3.05, 3.63) is 66.5 Å². The smallest absolute Gasteiger partial charge is 0.264 e. The Balaban J connectivity index is 2.13. The highest BCUT2D eigenvalue weighted by Gasteiger charge is 2.20. The molecule has 0 saturated carbocycles. The number of rotatable bonds is 11. The Hall–Kier alpha value is -2.91. The minimum atomic E-state index is -3.57. The summed E-state index contributed by atoms with van der Waals surface area (Å²) in [5.74, 6) is -0.672. The number of benzene rings is 2. The SMILES string of the molecule is C=CCC(C(=O)Nc1ccc(OC)c(OCCOS(C)(=O)=O)c1)c1cccc(F)c1. The molecule has 0 fully saturated rings. The van der Waals surface area contributed by atoms with Gasteiger partial charge in [0.05, 0.1) is 19.3 Å². The van der Waals surface area contributed by atoms with E-state index >= 15 is 0 Å². The van der Waals surface area contributed by atoms with Crippen LogP contribution in [-0.2, 0) is 19.1 Å². The van der Waals surface area contributed by atoms with Crippen LogP contribution >= 0.6 is 0 Å². The van der Waals surface area contributed by atoms with Gasteiger partial charge < -0.3 is 14.8 Å². The highest BCUT2D eigenvalue weighted by molar-refractivity contribution is 7.85. The second kappa shape index (κ2) is 10.7. The van der Waals surface area contributed by atoms with Crippen molar-refractivity contribution in [2.75, 3.05) is 31.9 Å². The summed E-state index contributed by atoms with van der Waals surface area (Å²) in [7, 11) is -2.11. The number of carbonyl (C=O) groups is 1. The Morgan fingerprint density at radius 1 is 1.20 bits per heavy atom. The monoisotopic (exact) mass is 437 g/mol. The van der Waals surface area contributed by atoms with E-state index in [0.717, 1.165) is 6.26 Å². The summed E-state index contributed by atoms with van der Waals surface area (Å²) in [5, 5.41) is 2.78. The molecule has 1 unspecified atom stereocenters. The number of hydrogen-bond donors (Lipinski definition) is 1. The van der Waals surface area contributed by atoms with Crippen LogP contribution in [0.2, 0.25) is 0 Å². The maximum absolute atomic E-state index is 13.6. The predicted molar refractivity (Wildman–Crippen MR) is 112 cm³/mol. The lowest BCUT2D eigenvalue weighted by molar-refractivity contribution is -0.117. The van der Waals surface area contributed by atoms with Crippen LogP contribution in [0.5, 0.6) is 11.5 Å². The van der Waals surface area contributed by atoms with E-state index in [1.807, 2.05) is 0 Å². The van der Waals surface area contributed by atoms with Crippen LogP contribution in [0, 0.1) is 5.82 Å². The van der Waals surface area contributed by atoms with Crippen molar-refractivity contribution in [2.24, 2.45) is 0 Å². The Morgan fingerprint density at radius 3 is 2.60 bits per heavy atom. The zero-order valence-corrected chi connectivity index (χ0v) is 17.6. The summed E-state index contributed by atoms with van der Waals surface area (Å²) in [4.78, 5) is 12.8. The first-order chi connectivity index (χ1) is 14.2. The first kappa shape index (κ1) is 23.4. The van der Waals surface area contributed by atoms with Gasteiger partial charge in [0.1, 0.15) is 19.0 Å². The Morgan fingerprint density at radius 2 is 1.97 bits per heavy atom. The molecular weight excluding hydrogens is 413 g/mol. The molecule has 0 aliphatic heterocycles. The Kier molecular flexibility index (Phi) is 8.37. The first-order valence-electron chi connectivity index (χ1n) is 9.06. The topological polar surface area (TPSA) is 90.9 Å². The quantitative estimate of drug-likeness (QED) is 0.329. The van der Waals surface area contributed by atoms with Crippen molar-refractivity contribution in [2.45, 2.75) is 12.3 Å². The maximum atomic E-state index is 13.6. The molecule has 2 aromatic rings. The van der Waals surface area contributed by atoms with Gasteiger partial charge in [0, 0.05) is 11.8 Å². The summed E-state index contributed by atoms with van der Waals surface area (Å²) < 4.78 is 51.0. The van der Waals surface area contributed by atoms with E-state index in [2.05, 4.69) is 16.1 Å². The number of amides is 1. The molecule has 0 spiro atoms. The van der Waals surface area contributed by atoms with Crippen LogP contribution in [0.1, 0.15) is 17.9 Å². The Labute approximate surface area is 175 Å². The predicted octanol–water partition coefficient (Wildman–Crippen LogP) is 3.49. The third-order valence-electron chi connectivity index (χ3n) is 4.04. The lowest BCUT2D eigenvalue weighted by atomic mass is 9.94. The van der Waals surface area contributed by atoms with Gasteiger partial charge in [0.15, 0.2) is 11.5 Å². The van der Waals surface area contributed by atoms with Crippen molar-refractivity contribution < 1.29 is 31.3 Å². The number of hydrogen-bond acceptors (Lipinski definition) is 6. The number of ether oxygens (including phenoxy) is 2. The number of carbonyl (C=O) groups excluding carboxylic acids is 1. The fourth-order valence-corrected chi connectivity index (χ4v) is 3.09. The van der Waals surface area contributed by atoms with Gasteiger partial charge in [-0.3, -0.25) is 8.98 Å². The molecule has 0 radical (unpaired) electrons. The molecule has 1 atom stereocenters. The number of halogens is 1. The van der Waals surface area contributed by atoms with Gasteiger partial charge in [-0.2, -0.15) is 8.42 Å². The molecule has 0 bridgehead atoms. The van der Waals surface area contributed by atoms with Crippen molar-refractivity contribution in [3.63, 3.8) is 0 Å². The fourth-order valence-electron chi connectivity index (χ4n) is 2.72. The summed E-state index contributed by atoms with van der Waals surface area (Å²) in [5.41, 5.74) is 0.973. The van der Waals surface area contributed by atoms with Crippen LogP contribution in [0.3, 0.4) is 0 Å². The van der Waals surface area contributed by atoms with Gasteiger partial charge in [-0.05, 0) is 36.2 Å². The van der Waals surface area contributed by atoms with E-state index in [1.54, 1.807) is 36.4 Å². The number of nitrogens with one attached hydrogen (secondary N) is 1. The van der Waals surface area contributed by atoms with Crippen LogP contribution in [0.25, 0.3) is 0 Å². The first-order valence-corrected chi connectivity index (χ1v) is 10.9. The van der Waals surface area contributed by atoms with Crippen LogP contribution in [0.4, 0.5) is 10.1 Å². The molecule has 1 amide bonds. The standard InChI is InChI=1S/C21H24FNO6S/c1-4-6-18(15-7-5-8-16(22)13-15)21(24)23-17-9-10-19(27-2)20(14-17)28-11-12-29-30(3,25)26/h4-5,7-10,13-14,18H,1,6,11-12H2,2-3H3,(H,23,24). The van der Waals surface area contributed by atoms with E-state index in [-0.39, 0.29) is 19.1 Å². The highest BCUT2D eigenvalue weighted by atomic mass is 32.2. The largest absolute Gasteiger partial charge is 0.493 e. The van der Waals surface area contributed by atoms with Crippen molar-refractivity contribution >= 4 is 21.7 Å². The number of methoxy groups -OCH3 is 1. The van der Waals surface area contributed by atoms with Gasteiger partial charge in [-0.15, -0.1) is 6.58 Å². The molecule has 0 aromatic heterocycles. The molecule has 162 valence electrons. The molecule has 9 heteroatoms. The van der Waals surface area contributed by atoms with Crippen molar-refractivity contribution in [1.29, 1.82) is 0 Å². The van der Waals surface area contributed by atoms with E-state index in [1.165, 1.54) is 19.2 Å². The van der Waals surface area contributed by atoms with Crippen LogP contribution in [0.15, 0.2) is 55.1 Å². The van der Waals surface area contributed by atoms with Crippen LogP contribution in [-0.4, -0.2) is 40.9 Å². The molecule has 30 heavy (non-hydrogen) atoms. The summed E-state index contributed by atoms with van der Waals surface area (Å²) in [6, 6.07) is 10.6. The minimum Gasteiger partial charge on any atom is -0.493 e. The van der Waals surface area contributed by atoms with Gasteiger partial charge >= 0.3 is 0 Å². The lowest BCUT2D eigenvalue weighted by Crippen LogP contribution is -2.21. The lowest BCUT2D eigenvalue weighted by Gasteiger charge is -2.17. The molecule has 0 aliphatic rings. The third kappa shape index (κ3) is 7.16. The molecule has 7 nitrogen and oxygen atoms in total. The fraction of sp³-hybridized carbons (Fsp3) is 0.286. The van der Waals surface area contributed by atoms with Crippen LogP contribution < -0.4 is 14.8 Å². The van der Waals surface area contributed by atoms with Gasteiger partial charge in [-0.25, -0.2) is 4.39 Å². The molecule has 0 aliphatic carbocycles. The van der Waals surface area contributed by atoms with Gasteiger partial charge in [-0.1, -0.05) is 18.2 Å². The highest BCUT2D eigenvalue weighted by Crippen LogP contribution is 2.31. The van der Waals surface area contributed by atoms with E-state index in [4.69, 9.17) is 9.47 Å². The summed E-state index contributed by atoms with van der Waals surface area (Å²) in [6.45, 7) is 3.46. The summed E-state index contributed by atoms with van der Waals surface area (Å²) in [6.07, 6.45) is 2.87. The molecule has 0 saturated heterocycles. The van der Waals surface area contributed by atoms with Crippen molar-refractivity contribution in [3.8, 4) is 11.5 Å². The third-order valence-corrected chi connectivity index (χ3v) is 4.63. The molecule has 1 N–H and O–H groups in total.